The molecule has 0 aliphatic heterocycles. The lowest BCUT2D eigenvalue weighted by Crippen LogP contribution is -2.17. The maximum atomic E-state index is 13.0. The van der Waals surface area contributed by atoms with Gasteiger partial charge in [-0.2, -0.15) is 0 Å². The van der Waals surface area contributed by atoms with Crippen molar-refractivity contribution in [1.82, 2.24) is 10.2 Å². The van der Waals surface area contributed by atoms with Gasteiger partial charge in [-0.25, -0.2) is 8.42 Å². The van der Waals surface area contributed by atoms with Gasteiger partial charge < -0.3 is 0 Å². The van der Waals surface area contributed by atoms with Gasteiger partial charge in [0.2, 0.25) is 5.13 Å². The van der Waals surface area contributed by atoms with Crippen LogP contribution in [-0.4, -0.2) is 30.3 Å². The molecule has 1 amide bonds. The van der Waals surface area contributed by atoms with Gasteiger partial charge in [0.15, 0.2) is 4.34 Å². The van der Waals surface area contributed by atoms with Crippen LogP contribution < -0.4 is 10.0 Å². The molecule has 0 bridgehead atoms. The van der Waals surface area contributed by atoms with E-state index in [0.717, 1.165) is 27.6 Å². The summed E-state index contributed by atoms with van der Waals surface area (Å²) in [5.74, 6) is 0.414. The molecule has 1 aromatic heterocycles. The maximum absolute atomic E-state index is 13.0. The second kappa shape index (κ2) is 9.99. The average Bonchev–Trinajstić information content (AvgIpc) is 3.17. The van der Waals surface area contributed by atoms with E-state index in [2.05, 4.69) is 27.2 Å². The Hall–Kier alpha value is -2.14. The van der Waals surface area contributed by atoms with Gasteiger partial charge in [-0.05, 0) is 55.7 Å². The molecule has 31 heavy (non-hydrogen) atoms. The molecule has 1 heterocycles. The number of anilines is 2. The van der Waals surface area contributed by atoms with Crippen molar-refractivity contribution in [2.24, 2.45) is 0 Å². The zero-order valence-corrected chi connectivity index (χ0v) is 20.3. The van der Waals surface area contributed by atoms with Crippen molar-refractivity contribution >= 4 is 61.4 Å². The van der Waals surface area contributed by atoms with Crippen LogP contribution in [0.4, 0.5) is 10.8 Å². The minimum Gasteiger partial charge on any atom is -0.296 e. The number of halogens is 1. The molecule has 2 aromatic carbocycles. The van der Waals surface area contributed by atoms with Crippen molar-refractivity contribution in [3.05, 3.63) is 58.1 Å². The summed E-state index contributed by atoms with van der Waals surface area (Å²) in [5.41, 5.74) is 2.36. The SMILES string of the molecule is CCCSc1nnc(NC(=O)c2ccc(Cl)c(S(=O)(=O)Nc3cccc(C)c3C)c2)s1. The van der Waals surface area contributed by atoms with Crippen LogP contribution in [0.25, 0.3) is 0 Å². The number of carbonyl (C=O) groups is 1. The Labute approximate surface area is 194 Å². The Balaban J connectivity index is 1.82. The van der Waals surface area contributed by atoms with Crippen molar-refractivity contribution in [3.63, 3.8) is 0 Å². The summed E-state index contributed by atoms with van der Waals surface area (Å²) >= 11 is 8.99. The molecule has 0 aliphatic carbocycles. The normalized spacial score (nSPS) is 11.4. The lowest BCUT2D eigenvalue weighted by Gasteiger charge is -2.13. The van der Waals surface area contributed by atoms with E-state index >= 15 is 0 Å². The van der Waals surface area contributed by atoms with Crippen LogP contribution in [0.1, 0.15) is 34.8 Å². The number of amides is 1. The van der Waals surface area contributed by atoms with Crippen LogP contribution in [-0.2, 0) is 10.0 Å². The smallest absolute Gasteiger partial charge is 0.263 e. The quantitative estimate of drug-likeness (QED) is 0.321. The summed E-state index contributed by atoms with van der Waals surface area (Å²) in [6.07, 6.45) is 1.00. The summed E-state index contributed by atoms with van der Waals surface area (Å²) in [6, 6.07) is 9.43. The van der Waals surface area contributed by atoms with E-state index in [-0.39, 0.29) is 15.5 Å². The van der Waals surface area contributed by atoms with Crippen LogP contribution >= 0.6 is 34.7 Å². The first kappa shape index (κ1) is 23.5. The summed E-state index contributed by atoms with van der Waals surface area (Å²) in [5, 5.41) is 11.0. The number of hydrogen-bond acceptors (Lipinski definition) is 7. The largest absolute Gasteiger partial charge is 0.296 e. The van der Waals surface area contributed by atoms with Crippen LogP contribution in [0.15, 0.2) is 45.6 Å². The standard InChI is InChI=1S/C20H21ClN4O3S3/c1-4-10-29-20-24-23-19(30-20)22-18(26)14-8-9-15(21)17(11-14)31(27,28)25-16-7-5-6-12(2)13(16)3/h5-9,11,25H,4,10H2,1-3H3,(H,22,23,26). The van der Waals surface area contributed by atoms with E-state index in [1.807, 2.05) is 19.9 Å². The third-order valence-electron chi connectivity index (χ3n) is 4.39. The Morgan fingerprint density at radius 2 is 1.97 bits per heavy atom. The highest BCUT2D eigenvalue weighted by molar-refractivity contribution is 8.01. The molecular weight excluding hydrogens is 476 g/mol. The zero-order chi connectivity index (χ0) is 22.6. The van der Waals surface area contributed by atoms with Gasteiger partial charge in [-0.15, -0.1) is 10.2 Å². The summed E-state index contributed by atoms with van der Waals surface area (Å²) < 4.78 is 29.3. The second-order valence-electron chi connectivity index (χ2n) is 6.67. The fraction of sp³-hybridized carbons (Fsp3) is 0.250. The molecule has 3 aromatic rings. The predicted molar refractivity (Wildman–Crippen MR) is 127 cm³/mol. The molecule has 0 saturated heterocycles. The van der Waals surface area contributed by atoms with Crippen molar-refractivity contribution in [2.45, 2.75) is 36.4 Å². The molecule has 0 aliphatic rings. The Bertz CT molecular complexity index is 1210. The number of carbonyl (C=O) groups excluding carboxylic acids is 1. The molecule has 11 heteroatoms. The Morgan fingerprint density at radius 1 is 1.19 bits per heavy atom. The fourth-order valence-electron chi connectivity index (χ4n) is 2.59. The first-order chi connectivity index (χ1) is 14.7. The average molecular weight is 497 g/mol. The van der Waals surface area contributed by atoms with Crippen LogP contribution in [0.2, 0.25) is 5.02 Å². The molecule has 0 radical (unpaired) electrons. The number of nitrogens with zero attached hydrogens (tertiary/aromatic N) is 2. The molecule has 7 nitrogen and oxygen atoms in total. The van der Waals surface area contributed by atoms with Gasteiger partial charge >= 0.3 is 0 Å². The van der Waals surface area contributed by atoms with E-state index in [1.54, 1.807) is 23.9 Å². The van der Waals surface area contributed by atoms with Gasteiger partial charge in [-0.3, -0.25) is 14.8 Å². The molecule has 3 rings (SSSR count). The number of sulfonamides is 1. The lowest BCUT2D eigenvalue weighted by molar-refractivity contribution is 0.102. The lowest BCUT2D eigenvalue weighted by atomic mass is 10.1. The molecule has 2 N–H and O–H groups in total. The molecule has 0 fully saturated rings. The topological polar surface area (TPSA) is 101 Å². The van der Waals surface area contributed by atoms with E-state index in [0.29, 0.717) is 10.8 Å². The van der Waals surface area contributed by atoms with Crippen LogP contribution in [0.5, 0.6) is 0 Å². The summed E-state index contributed by atoms with van der Waals surface area (Å²) in [4.78, 5) is 12.5. The zero-order valence-electron chi connectivity index (χ0n) is 17.1. The third-order valence-corrected chi connectivity index (χ3v) is 8.41. The van der Waals surface area contributed by atoms with Crippen LogP contribution in [0.3, 0.4) is 0 Å². The molecule has 0 atom stereocenters. The van der Waals surface area contributed by atoms with Crippen molar-refractivity contribution < 1.29 is 13.2 Å². The maximum Gasteiger partial charge on any atom is 0.263 e. The van der Waals surface area contributed by atoms with E-state index in [9.17, 15) is 13.2 Å². The molecule has 0 unspecified atom stereocenters. The fourth-order valence-corrected chi connectivity index (χ4v) is 5.91. The molecule has 164 valence electrons. The minimum absolute atomic E-state index is 0.0172. The van der Waals surface area contributed by atoms with E-state index in [1.165, 1.54) is 29.5 Å². The molecule has 0 saturated carbocycles. The van der Waals surface area contributed by atoms with Gasteiger partial charge in [0.05, 0.1) is 10.7 Å². The first-order valence-electron chi connectivity index (χ1n) is 9.37. The van der Waals surface area contributed by atoms with Crippen LogP contribution in [0, 0.1) is 13.8 Å². The minimum atomic E-state index is -4.01. The number of aromatic nitrogens is 2. The number of thioether (sulfide) groups is 1. The highest BCUT2D eigenvalue weighted by atomic mass is 35.5. The number of benzene rings is 2. The van der Waals surface area contributed by atoms with E-state index < -0.39 is 15.9 Å². The van der Waals surface area contributed by atoms with E-state index in [4.69, 9.17) is 11.6 Å². The summed E-state index contributed by atoms with van der Waals surface area (Å²) in [6.45, 7) is 5.79. The Morgan fingerprint density at radius 3 is 2.71 bits per heavy atom. The third kappa shape index (κ3) is 5.76. The number of aryl methyl sites for hydroxylation is 1. The highest BCUT2D eigenvalue weighted by Crippen LogP contribution is 2.29. The highest BCUT2D eigenvalue weighted by Gasteiger charge is 2.22. The van der Waals surface area contributed by atoms with Gasteiger partial charge in [-0.1, -0.05) is 53.8 Å². The van der Waals surface area contributed by atoms with Crippen molar-refractivity contribution in [1.29, 1.82) is 0 Å². The second-order valence-corrected chi connectivity index (χ2v) is 11.1. The number of rotatable bonds is 8. The number of nitrogens with one attached hydrogen (secondary N) is 2. The predicted octanol–water partition coefficient (Wildman–Crippen LogP) is 5.36. The molecular formula is C20H21ClN4O3S3. The van der Waals surface area contributed by atoms with Crippen molar-refractivity contribution in [3.8, 4) is 0 Å². The monoisotopic (exact) mass is 496 g/mol. The summed E-state index contributed by atoms with van der Waals surface area (Å²) in [7, 11) is -4.01. The Kier molecular flexibility index (Phi) is 7.58. The van der Waals surface area contributed by atoms with Crippen molar-refractivity contribution in [2.75, 3.05) is 15.8 Å². The number of hydrogen-bond donors (Lipinski definition) is 2. The van der Waals surface area contributed by atoms with Gasteiger partial charge in [0.25, 0.3) is 15.9 Å². The first-order valence-corrected chi connectivity index (χ1v) is 13.0. The molecule has 0 spiro atoms. The van der Waals surface area contributed by atoms with Gasteiger partial charge in [0, 0.05) is 11.3 Å². The van der Waals surface area contributed by atoms with Gasteiger partial charge in [0.1, 0.15) is 4.90 Å².